The molecule has 20 heavy (non-hydrogen) atoms. The molecule has 1 aromatic rings. The number of halogens is 1. The average molecular weight is 280 g/mol. The lowest BCUT2D eigenvalue weighted by atomic mass is 10.0. The molecule has 0 aliphatic heterocycles. The van der Waals surface area contributed by atoms with Crippen molar-refractivity contribution in [3.05, 3.63) is 35.6 Å². The molecule has 0 saturated carbocycles. The Hall–Kier alpha value is -1.42. The highest BCUT2D eigenvalue weighted by molar-refractivity contribution is 5.82. The minimum absolute atomic E-state index is 0.0766. The van der Waals surface area contributed by atoms with Crippen molar-refractivity contribution in [1.29, 1.82) is 0 Å². The van der Waals surface area contributed by atoms with E-state index in [4.69, 9.17) is 0 Å². The molecule has 0 radical (unpaired) electrons. The Morgan fingerprint density at radius 1 is 1.30 bits per heavy atom. The third kappa shape index (κ3) is 4.93. The van der Waals surface area contributed by atoms with Gasteiger partial charge in [0.25, 0.3) is 0 Å². The van der Waals surface area contributed by atoms with E-state index in [0.717, 1.165) is 0 Å². The van der Waals surface area contributed by atoms with Crippen molar-refractivity contribution < 1.29 is 9.18 Å². The van der Waals surface area contributed by atoms with Crippen LogP contribution in [0.4, 0.5) is 4.39 Å². The number of carbonyl (C=O) groups is 1. The van der Waals surface area contributed by atoms with E-state index in [1.807, 2.05) is 33.8 Å². The lowest BCUT2D eigenvalue weighted by Crippen LogP contribution is -2.50. The predicted molar refractivity (Wildman–Crippen MR) is 79.9 cm³/mol. The normalized spacial score (nSPS) is 14.7. The summed E-state index contributed by atoms with van der Waals surface area (Å²) in [6.07, 6.45) is 0.716. The number of nitrogens with one attached hydrogen (secondary N) is 2. The highest BCUT2D eigenvalue weighted by Crippen LogP contribution is 2.20. The number of hydrogen-bond donors (Lipinski definition) is 2. The summed E-state index contributed by atoms with van der Waals surface area (Å²) < 4.78 is 13.8. The first-order valence-corrected chi connectivity index (χ1v) is 7.07. The van der Waals surface area contributed by atoms with Crippen LogP contribution in [0.3, 0.4) is 0 Å². The van der Waals surface area contributed by atoms with Gasteiger partial charge >= 0.3 is 0 Å². The Morgan fingerprint density at radius 2 is 1.90 bits per heavy atom. The van der Waals surface area contributed by atoms with E-state index < -0.39 is 0 Å². The zero-order valence-electron chi connectivity index (χ0n) is 13.0. The first-order valence-electron chi connectivity index (χ1n) is 7.07. The Kier molecular flexibility index (Phi) is 5.69. The highest BCUT2D eigenvalue weighted by Gasteiger charge is 2.22. The molecular formula is C16H25FN2O. The van der Waals surface area contributed by atoms with Crippen molar-refractivity contribution in [3.8, 4) is 0 Å². The molecule has 1 rings (SSSR count). The molecule has 2 atom stereocenters. The summed E-state index contributed by atoms with van der Waals surface area (Å²) >= 11 is 0. The summed E-state index contributed by atoms with van der Waals surface area (Å²) in [5.41, 5.74) is 0.331. The third-order valence-corrected chi connectivity index (χ3v) is 3.03. The van der Waals surface area contributed by atoms with E-state index >= 15 is 0 Å². The fourth-order valence-electron chi connectivity index (χ4n) is 2.04. The second kappa shape index (κ2) is 6.84. The molecule has 1 amide bonds. The quantitative estimate of drug-likeness (QED) is 0.870. The van der Waals surface area contributed by atoms with Gasteiger partial charge in [0.05, 0.1) is 6.04 Å². The summed E-state index contributed by atoms with van der Waals surface area (Å²) in [5, 5.41) is 6.11. The van der Waals surface area contributed by atoms with Crippen LogP contribution in [0.5, 0.6) is 0 Å². The Bertz CT molecular complexity index is 454. The lowest BCUT2D eigenvalue weighted by molar-refractivity contribution is -0.124. The summed E-state index contributed by atoms with van der Waals surface area (Å²) in [4.78, 5) is 12.1. The van der Waals surface area contributed by atoms with Gasteiger partial charge in [-0.2, -0.15) is 0 Å². The van der Waals surface area contributed by atoms with Crippen LogP contribution in [0.2, 0.25) is 0 Å². The van der Waals surface area contributed by atoms with Crippen LogP contribution in [0.1, 0.15) is 52.6 Å². The Balaban J connectivity index is 2.74. The Morgan fingerprint density at radius 3 is 2.40 bits per heavy atom. The standard InChI is InChI=1S/C16H25FN2O/c1-6-14(12-9-7-8-10-13(12)17)18-11(2)15(20)19-16(3,4)5/h7-11,14,18H,6H2,1-5H3,(H,19,20). The molecule has 0 spiro atoms. The first kappa shape index (κ1) is 16.6. The number of carbonyl (C=O) groups excluding carboxylic acids is 1. The SMILES string of the molecule is CCC(NC(C)C(=O)NC(C)(C)C)c1ccccc1F. The van der Waals surface area contributed by atoms with Crippen LogP contribution in [0, 0.1) is 5.82 Å². The molecule has 4 heteroatoms. The van der Waals surface area contributed by atoms with Crippen LogP contribution in [0.15, 0.2) is 24.3 Å². The van der Waals surface area contributed by atoms with Gasteiger partial charge in [-0.3, -0.25) is 10.1 Å². The first-order chi connectivity index (χ1) is 9.24. The van der Waals surface area contributed by atoms with Gasteiger partial charge in [0.15, 0.2) is 0 Å². The number of benzene rings is 1. The molecule has 112 valence electrons. The van der Waals surface area contributed by atoms with E-state index in [9.17, 15) is 9.18 Å². The predicted octanol–water partition coefficient (Wildman–Crippen LogP) is 3.17. The van der Waals surface area contributed by atoms with E-state index in [1.54, 1.807) is 19.1 Å². The minimum atomic E-state index is -0.376. The van der Waals surface area contributed by atoms with Crippen LogP contribution < -0.4 is 10.6 Å². The van der Waals surface area contributed by atoms with Crippen LogP contribution in [-0.4, -0.2) is 17.5 Å². The molecular weight excluding hydrogens is 255 g/mol. The van der Waals surface area contributed by atoms with Crippen molar-refractivity contribution in [3.63, 3.8) is 0 Å². The van der Waals surface area contributed by atoms with E-state index in [1.165, 1.54) is 6.07 Å². The summed E-state index contributed by atoms with van der Waals surface area (Å²) in [5.74, 6) is -0.317. The van der Waals surface area contributed by atoms with Gasteiger partial charge in [-0.15, -0.1) is 0 Å². The van der Waals surface area contributed by atoms with Crippen LogP contribution >= 0.6 is 0 Å². The highest BCUT2D eigenvalue weighted by atomic mass is 19.1. The van der Waals surface area contributed by atoms with E-state index in [2.05, 4.69) is 10.6 Å². The molecule has 0 fully saturated rings. The van der Waals surface area contributed by atoms with Gasteiger partial charge < -0.3 is 5.32 Å². The van der Waals surface area contributed by atoms with Crippen molar-refractivity contribution in [1.82, 2.24) is 10.6 Å². The van der Waals surface area contributed by atoms with Crippen molar-refractivity contribution >= 4 is 5.91 Å². The fourth-order valence-corrected chi connectivity index (χ4v) is 2.04. The van der Waals surface area contributed by atoms with E-state index in [0.29, 0.717) is 12.0 Å². The molecule has 2 N–H and O–H groups in total. The molecule has 0 bridgehead atoms. The maximum Gasteiger partial charge on any atom is 0.237 e. The summed E-state index contributed by atoms with van der Waals surface area (Å²) in [7, 11) is 0. The molecule has 0 heterocycles. The monoisotopic (exact) mass is 280 g/mol. The maximum atomic E-state index is 13.8. The van der Waals surface area contributed by atoms with Gasteiger partial charge in [0, 0.05) is 17.1 Å². The molecule has 0 aliphatic rings. The molecule has 0 aliphatic carbocycles. The Labute approximate surface area is 121 Å². The number of hydrogen-bond acceptors (Lipinski definition) is 2. The molecule has 3 nitrogen and oxygen atoms in total. The van der Waals surface area contributed by atoms with E-state index in [-0.39, 0.29) is 29.3 Å². The number of rotatable bonds is 5. The maximum absolute atomic E-state index is 13.8. The van der Waals surface area contributed by atoms with Gasteiger partial charge in [-0.05, 0) is 40.2 Å². The smallest absolute Gasteiger partial charge is 0.237 e. The molecule has 0 saturated heterocycles. The topological polar surface area (TPSA) is 41.1 Å². The average Bonchev–Trinajstić information content (AvgIpc) is 2.34. The molecule has 2 unspecified atom stereocenters. The van der Waals surface area contributed by atoms with Crippen molar-refractivity contribution in [2.45, 2.75) is 58.7 Å². The van der Waals surface area contributed by atoms with Gasteiger partial charge in [-0.1, -0.05) is 25.1 Å². The summed E-state index contributed by atoms with van der Waals surface area (Å²) in [6.45, 7) is 9.58. The molecule has 1 aromatic carbocycles. The molecule has 0 aromatic heterocycles. The zero-order valence-corrected chi connectivity index (χ0v) is 13.0. The second-order valence-corrected chi connectivity index (χ2v) is 6.11. The van der Waals surface area contributed by atoms with Crippen molar-refractivity contribution in [2.75, 3.05) is 0 Å². The van der Waals surface area contributed by atoms with Crippen molar-refractivity contribution in [2.24, 2.45) is 0 Å². The largest absolute Gasteiger partial charge is 0.350 e. The summed E-state index contributed by atoms with van der Waals surface area (Å²) in [6, 6.07) is 6.13. The van der Waals surface area contributed by atoms with Gasteiger partial charge in [0.1, 0.15) is 5.82 Å². The number of amides is 1. The van der Waals surface area contributed by atoms with Crippen LogP contribution in [0.25, 0.3) is 0 Å². The van der Waals surface area contributed by atoms with Gasteiger partial charge in [-0.25, -0.2) is 4.39 Å². The lowest BCUT2D eigenvalue weighted by Gasteiger charge is -2.26. The minimum Gasteiger partial charge on any atom is -0.350 e. The zero-order chi connectivity index (χ0) is 15.3. The second-order valence-electron chi connectivity index (χ2n) is 6.11. The van der Waals surface area contributed by atoms with Crippen LogP contribution in [-0.2, 0) is 4.79 Å². The fraction of sp³-hybridized carbons (Fsp3) is 0.562. The third-order valence-electron chi connectivity index (χ3n) is 3.03. The van der Waals surface area contributed by atoms with Gasteiger partial charge in [0.2, 0.25) is 5.91 Å².